The van der Waals surface area contributed by atoms with E-state index < -0.39 is 5.97 Å². The lowest BCUT2D eigenvalue weighted by Crippen LogP contribution is -2.06. The van der Waals surface area contributed by atoms with Crippen molar-refractivity contribution in [3.05, 3.63) is 71.5 Å². The highest BCUT2D eigenvalue weighted by Gasteiger charge is 1.97. The lowest BCUT2D eigenvalue weighted by molar-refractivity contribution is -0.142. The van der Waals surface area contributed by atoms with Crippen molar-refractivity contribution in [3.8, 4) is 0 Å². The molecule has 0 saturated carbocycles. The van der Waals surface area contributed by atoms with Gasteiger partial charge in [-0.3, -0.25) is 0 Å². The molecule has 0 radical (unpaired) electrons. The van der Waals surface area contributed by atoms with Gasteiger partial charge in [0, 0.05) is 0 Å². The lowest BCUT2D eigenvalue weighted by Gasteiger charge is -2.00. The van der Waals surface area contributed by atoms with Gasteiger partial charge in [0.15, 0.2) is 0 Å². The maximum Gasteiger partial charge on any atom is 0.329 e. The molecule has 2 rings (SSSR count). The van der Waals surface area contributed by atoms with E-state index in [0.717, 1.165) is 5.56 Å². The fourth-order valence-corrected chi connectivity index (χ4v) is 1.37. The van der Waals surface area contributed by atoms with Crippen molar-refractivity contribution in [1.82, 2.24) is 0 Å². The molecule has 126 valence electrons. The molecule has 0 fully saturated rings. The standard InChI is InChI=1S/C9H9FO3.C7H8.C3H8/c10-8-3-1-7(2-4-8)5-13-6-9(11)12;1-7-5-3-2-4-6-7;1-3-2/h1-4H,5-6H2,(H,11,12);2-6H,1H3;3H2,1-2H3. The average molecular weight is 320 g/mol. The normalized spacial score (nSPS) is 9.04. The number of aryl methyl sites for hydroxylation is 1. The van der Waals surface area contributed by atoms with Gasteiger partial charge in [-0.15, -0.1) is 0 Å². The molecule has 4 heteroatoms. The van der Waals surface area contributed by atoms with Crippen LogP contribution >= 0.6 is 0 Å². The van der Waals surface area contributed by atoms with E-state index in [0.29, 0.717) is 0 Å². The SMILES string of the molecule is CCC.Cc1ccccc1.O=C(O)COCc1ccc(F)cc1. The molecule has 23 heavy (non-hydrogen) atoms. The third-order valence-corrected chi connectivity index (χ3v) is 2.35. The molecule has 0 aromatic heterocycles. The summed E-state index contributed by atoms with van der Waals surface area (Å²) in [6.45, 7) is 6.18. The highest BCUT2D eigenvalue weighted by Crippen LogP contribution is 2.03. The number of carbonyl (C=O) groups is 1. The summed E-state index contributed by atoms with van der Waals surface area (Å²) < 4.78 is 17.2. The quantitative estimate of drug-likeness (QED) is 0.877. The monoisotopic (exact) mass is 320 g/mol. The van der Waals surface area contributed by atoms with Crippen molar-refractivity contribution in [1.29, 1.82) is 0 Å². The number of ether oxygens (including phenoxy) is 1. The van der Waals surface area contributed by atoms with E-state index in [-0.39, 0.29) is 19.0 Å². The van der Waals surface area contributed by atoms with E-state index in [1.165, 1.54) is 24.1 Å². The van der Waals surface area contributed by atoms with Gasteiger partial charge in [0.2, 0.25) is 0 Å². The van der Waals surface area contributed by atoms with Crippen LogP contribution in [-0.4, -0.2) is 17.7 Å². The third-order valence-electron chi connectivity index (χ3n) is 2.35. The van der Waals surface area contributed by atoms with Crippen LogP contribution in [0.5, 0.6) is 0 Å². The number of carboxylic acids is 1. The lowest BCUT2D eigenvalue weighted by atomic mass is 10.2. The molecule has 0 atom stereocenters. The van der Waals surface area contributed by atoms with Crippen molar-refractivity contribution in [2.45, 2.75) is 33.8 Å². The van der Waals surface area contributed by atoms with Crippen LogP contribution in [0.3, 0.4) is 0 Å². The molecule has 0 saturated heterocycles. The van der Waals surface area contributed by atoms with Gasteiger partial charge >= 0.3 is 5.97 Å². The van der Waals surface area contributed by atoms with Gasteiger partial charge in [-0.05, 0) is 24.6 Å². The van der Waals surface area contributed by atoms with E-state index in [9.17, 15) is 9.18 Å². The molecule has 0 aliphatic heterocycles. The van der Waals surface area contributed by atoms with Crippen LogP contribution < -0.4 is 0 Å². The second kappa shape index (κ2) is 13.5. The molecule has 0 spiro atoms. The minimum atomic E-state index is -1.01. The summed E-state index contributed by atoms with van der Waals surface area (Å²) in [4.78, 5) is 10.1. The van der Waals surface area contributed by atoms with Crippen LogP contribution in [0.25, 0.3) is 0 Å². The predicted octanol–water partition coefficient (Wildman–Crippen LogP) is 4.84. The summed E-state index contributed by atoms with van der Waals surface area (Å²) in [5.41, 5.74) is 2.07. The molecule has 3 nitrogen and oxygen atoms in total. The van der Waals surface area contributed by atoms with Gasteiger partial charge in [0.05, 0.1) is 6.61 Å². The predicted molar refractivity (Wildman–Crippen MR) is 90.8 cm³/mol. The zero-order chi connectivity index (χ0) is 17.5. The Kier molecular flexibility index (Phi) is 12.2. The summed E-state index contributed by atoms with van der Waals surface area (Å²) in [6, 6.07) is 16.0. The molecule has 0 heterocycles. The first-order valence-corrected chi connectivity index (χ1v) is 7.55. The molecule has 0 unspecified atom stereocenters. The van der Waals surface area contributed by atoms with Crippen molar-refractivity contribution < 1.29 is 19.0 Å². The summed E-state index contributed by atoms with van der Waals surface area (Å²) >= 11 is 0. The zero-order valence-electron chi connectivity index (χ0n) is 14.0. The van der Waals surface area contributed by atoms with Gasteiger partial charge in [0.1, 0.15) is 12.4 Å². The Bertz CT molecular complexity index is 524. The number of benzene rings is 2. The van der Waals surface area contributed by atoms with Gasteiger partial charge in [-0.1, -0.05) is 68.3 Å². The average Bonchev–Trinajstić information content (AvgIpc) is 2.51. The Labute approximate surface area is 137 Å². The molecule has 0 aliphatic rings. The maximum absolute atomic E-state index is 12.4. The van der Waals surface area contributed by atoms with Crippen molar-refractivity contribution in [2.24, 2.45) is 0 Å². The first-order chi connectivity index (χ1) is 11.0. The van der Waals surface area contributed by atoms with E-state index in [1.807, 2.05) is 18.2 Å². The molecule has 0 bridgehead atoms. The summed E-state index contributed by atoms with van der Waals surface area (Å²) in [7, 11) is 0. The van der Waals surface area contributed by atoms with Gasteiger partial charge in [-0.25, -0.2) is 9.18 Å². The van der Waals surface area contributed by atoms with Gasteiger partial charge in [0.25, 0.3) is 0 Å². The number of hydrogen-bond acceptors (Lipinski definition) is 2. The number of hydrogen-bond donors (Lipinski definition) is 1. The van der Waals surface area contributed by atoms with E-state index in [4.69, 9.17) is 9.84 Å². The largest absolute Gasteiger partial charge is 0.480 e. The first kappa shape index (κ1) is 20.8. The third kappa shape index (κ3) is 13.2. The number of rotatable bonds is 4. The van der Waals surface area contributed by atoms with E-state index >= 15 is 0 Å². The van der Waals surface area contributed by atoms with Crippen LogP contribution in [0.1, 0.15) is 31.4 Å². The smallest absolute Gasteiger partial charge is 0.329 e. The Morgan fingerprint density at radius 2 is 1.57 bits per heavy atom. The highest BCUT2D eigenvalue weighted by molar-refractivity contribution is 5.67. The Morgan fingerprint density at radius 1 is 1.04 bits per heavy atom. The number of carboxylic acid groups (broad SMARTS) is 1. The van der Waals surface area contributed by atoms with Crippen LogP contribution in [0.2, 0.25) is 0 Å². The van der Waals surface area contributed by atoms with Crippen LogP contribution in [0.15, 0.2) is 54.6 Å². The van der Waals surface area contributed by atoms with Gasteiger partial charge < -0.3 is 9.84 Å². The molecule has 1 N–H and O–H groups in total. The van der Waals surface area contributed by atoms with Gasteiger partial charge in [-0.2, -0.15) is 0 Å². The van der Waals surface area contributed by atoms with Crippen molar-refractivity contribution in [2.75, 3.05) is 6.61 Å². The van der Waals surface area contributed by atoms with Crippen LogP contribution in [0.4, 0.5) is 4.39 Å². The number of aliphatic carboxylic acids is 1. The van der Waals surface area contributed by atoms with Crippen LogP contribution in [0, 0.1) is 12.7 Å². The summed E-state index contributed by atoms with van der Waals surface area (Å²) in [6.07, 6.45) is 1.25. The van der Waals surface area contributed by atoms with Crippen LogP contribution in [-0.2, 0) is 16.1 Å². The fourth-order valence-electron chi connectivity index (χ4n) is 1.37. The topological polar surface area (TPSA) is 46.5 Å². The maximum atomic E-state index is 12.4. The molecule has 0 aliphatic carbocycles. The van der Waals surface area contributed by atoms with Crippen molar-refractivity contribution in [3.63, 3.8) is 0 Å². The first-order valence-electron chi connectivity index (χ1n) is 7.55. The Balaban J connectivity index is 0.000000404. The Morgan fingerprint density at radius 3 is 1.96 bits per heavy atom. The summed E-state index contributed by atoms with van der Waals surface area (Å²) in [5.74, 6) is -1.33. The molecular formula is C19H25FO3. The molecule has 2 aromatic rings. The van der Waals surface area contributed by atoms with Crippen molar-refractivity contribution >= 4 is 5.97 Å². The molecule has 0 amide bonds. The summed E-state index contributed by atoms with van der Waals surface area (Å²) in [5, 5.41) is 8.25. The minimum Gasteiger partial charge on any atom is -0.480 e. The van der Waals surface area contributed by atoms with E-state index in [2.05, 4.69) is 32.9 Å². The second-order valence-corrected chi connectivity index (χ2v) is 4.87. The molecular weight excluding hydrogens is 295 g/mol. The second-order valence-electron chi connectivity index (χ2n) is 4.87. The van der Waals surface area contributed by atoms with E-state index in [1.54, 1.807) is 12.1 Å². The fraction of sp³-hybridized carbons (Fsp3) is 0.316. The minimum absolute atomic E-state index is 0.187. The number of halogens is 1. The highest BCUT2D eigenvalue weighted by atomic mass is 19.1. The zero-order valence-corrected chi connectivity index (χ0v) is 14.0. The Hall–Kier alpha value is -2.20. The molecule has 2 aromatic carbocycles.